The highest BCUT2D eigenvalue weighted by molar-refractivity contribution is 7.80. The Kier molecular flexibility index (Phi) is 5.54. The molecular weight excluding hydrogens is 320 g/mol. The molecule has 0 aliphatic carbocycles. The fourth-order valence-electron chi connectivity index (χ4n) is 2.63. The van der Waals surface area contributed by atoms with Crippen LogP contribution in [0.1, 0.15) is 5.56 Å². The number of thiocarbonyl (C=S) groups is 1. The average Bonchev–Trinajstić information content (AvgIpc) is 2.62. The number of hydrogen-bond acceptors (Lipinski definition) is 3. The lowest BCUT2D eigenvalue weighted by Crippen LogP contribution is -2.45. The molecular formula is C19H22N2O2S. The lowest BCUT2D eigenvalue weighted by atomic mass is 10.1. The number of nitrogens with one attached hydrogen (secondary N) is 1. The van der Waals surface area contributed by atoms with Gasteiger partial charge in [-0.15, -0.1) is 0 Å². The van der Waals surface area contributed by atoms with Crippen molar-refractivity contribution in [1.82, 2.24) is 10.2 Å². The molecule has 5 heteroatoms. The maximum absolute atomic E-state index is 5.97. The van der Waals surface area contributed by atoms with Gasteiger partial charge in [0.15, 0.2) is 22.7 Å². The predicted octanol–water partition coefficient (Wildman–Crippen LogP) is 2.88. The first-order chi connectivity index (χ1) is 11.7. The van der Waals surface area contributed by atoms with Gasteiger partial charge in [0.2, 0.25) is 0 Å². The molecule has 1 atom stereocenters. The average molecular weight is 342 g/mol. The van der Waals surface area contributed by atoms with Crippen LogP contribution in [0, 0.1) is 0 Å². The van der Waals surface area contributed by atoms with E-state index in [2.05, 4.69) is 29.6 Å². The molecule has 2 aromatic rings. The Morgan fingerprint density at radius 3 is 2.62 bits per heavy atom. The highest BCUT2D eigenvalue weighted by Crippen LogP contribution is 2.30. The molecule has 0 unspecified atom stereocenters. The summed E-state index contributed by atoms with van der Waals surface area (Å²) in [6.07, 6.45) is 0.921. The summed E-state index contributed by atoms with van der Waals surface area (Å²) in [5.74, 6) is 1.60. The quantitative estimate of drug-likeness (QED) is 0.845. The Morgan fingerprint density at radius 1 is 1.12 bits per heavy atom. The maximum atomic E-state index is 5.97. The van der Waals surface area contributed by atoms with Gasteiger partial charge in [-0.25, -0.2) is 0 Å². The second-order valence-corrected chi connectivity index (χ2v) is 6.23. The van der Waals surface area contributed by atoms with E-state index in [9.17, 15) is 0 Å². The van der Waals surface area contributed by atoms with E-state index in [1.807, 2.05) is 42.3 Å². The monoisotopic (exact) mass is 342 g/mol. The molecule has 2 aromatic carbocycles. The highest BCUT2D eigenvalue weighted by atomic mass is 32.1. The summed E-state index contributed by atoms with van der Waals surface area (Å²) in [6.45, 7) is 2.04. The summed E-state index contributed by atoms with van der Waals surface area (Å²) < 4.78 is 11.7. The molecule has 3 rings (SSSR count). The van der Waals surface area contributed by atoms with Crippen LogP contribution in [0.3, 0.4) is 0 Å². The normalized spacial score (nSPS) is 15.6. The summed E-state index contributed by atoms with van der Waals surface area (Å²) in [5, 5.41) is 4.03. The molecule has 0 bridgehead atoms. The van der Waals surface area contributed by atoms with Crippen molar-refractivity contribution in [3.63, 3.8) is 0 Å². The standard InChI is InChI=1S/C19H22N2O2S/c1-21(19(24)20-12-11-15-7-3-2-4-8-15)13-16-14-22-17-9-5-6-10-18(17)23-16/h2-10,16H,11-14H2,1H3,(H,20,24)/t16-/m0/s1. The van der Waals surface area contributed by atoms with Crippen molar-refractivity contribution in [2.24, 2.45) is 0 Å². The van der Waals surface area contributed by atoms with Crippen molar-refractivity contribution >= 4 is 17.3 Å². The zero-order valence-corrected chi connectivity index (χ0v) is 14.6. The van der Waals surface area contributed by atoms with Gasteiger partial charge < -0.3 is 19.7 Å². The highest BCUT2D eigenvalue weighted by Gasteiger charge is 2.22. The second kappa shape index (κ2) is 8.02. The van der Waals surface area contributed by atoms with Gasteiger partial charge in [-0.05, 0) is 36.3 Å². The van der Waals surface area contributed by atoms with Crippen LogP contribution in [-0.2, 0) is 6.42 Å². The van der Waals surface area contributed by atoms with Gasteiger partial charge in [-0.2, -0.15) is 0 Å². The molecule has 4 nitrogen and oxygen atoms in total. The van der Waals surface area contributed by atoms with Gasteiger partial charge in [0.25, 0.3) is 0 Å². The van der Waals surface area contributed by atoms with E-state index < -0.39 is 0 Å². The number of nitrogens with zero attached hydrogens (tertiary/aromatic N) is 1. The Balaban J connectivity index is 1.43. The first-order valence-electron chi connectivity index (χ1n) is 8.14. The third-order valence-electron chi connectivity index (χ3n) is 3.92. The SMILES string of the molecule is CN(C[C@H]1COc2ccccc2O1)C(=S)NCCc1ccccc1. The summed E-state index contributed by atoms with van der Waals surface area (Å²) in [6, 6.07) is 18.1. The van der Waals surface area contributed by atoms with E-state index in [1.165, 1.54) is 5.56 Å². The van der Waals surface area contributed by atoms with Crippen LogP contribution >= 0.6 is 12.2 Å². The predicted molar refractivity (Wildman–Crippen MR) is 99.7 cm³/mol. The summed E-state index contributed by atoms with van der Waals surface area (Å²) in [5.41, 5.74) is 1.30. The Morgan fingerprint density at radius 2 is 1.83 bits per heavy atom. The summed E-state index contributed by atoms with van der Waals surface area (Å²) >= 11 is 5.46. The van der Waals surface area contributed by atoms with Crippen molar-refractivity contribution in [2.75, 3.05) is 26.7 Å². The molecule has 1 N–H and O–H groups in total. The number of benzene rings is 2. The molecule has 0 radical (unpaired) electrons. The van der Waals surface area contributed by atoms with E-state index in [0.29, 0.717) is 13.2 Å². The Hall–Kier alpha value is -2.27. The molecule has 1 heterocycles. The van der Waals surface area contributed by atoms with Crippen LogP contribution in [0.25, 0.3) is 0 Å². The van der Waals surface area contributed by atoms with Crippen molar-refractivity contribution in [3.05, 3.63) is 60.2 Å². The van der Waals surface area contributed by atoms with Crippen LogP contribution in [0.4, 0.5) is 0 Å². The minimum atomic E-state index is -0.0289. The number of ether oxygens (including phenoxy) is 2. The topological polar surface area (TPSA) is 33.7 Å². The number of hydrogen-bond donors (Lipinski definition) is 1. The summed E-state index contributed by atoms with van der Waals surface area (Å²) in [7, 11) is 1.97. The zero-order chi connectivity index (χ0) is 16.8. The fraction of sp³-hybridized carbons (Fsp3) is 0.316. The number of para-hydroxylation sites is 2. The van der Waals surface area contributed by atoms with Crippen molar-refractivity contribution in [1.29, 1.82) is 0 Å². The van der Waals surface area contributed by atoms with Crippen LogP contribution in [0.15, 0.2) is 54.6 Å². The maximum Gasteiger partial charge on any atom is 0.168 e. The summed E-state index contributed by atoms with van der Waals surface area (Å²) in [4.78, 5) is 2.00. The van der Waals surface area contributed by atoms with Gasteiger partial charge in [-0.1, -0.05) is 42.5 Å². The van der Waals surface area contributed by atoms with Crippen molar-refractivity contribution in [3.8, 4) is 11.5 Å². The lowest BCUT2D eigenvalue weighted by molar-refractivity contribution is 0.0779. The fourth-order valence-corrected chi connectivity index (χ4v) is 2.81. The van der Waals surface area contributed by atoms with Gasteiger partial charge in [0.1, 0.15) is 6.61 Å². The molecule has 0 aromatic heterocycles. The molecule has 1 aliphatic rings. The molecule has 0 fully saturated rings. The van der Waals surface area contributed by atoms with E-state index in [1.54, 1.807) is 0 Å². The minimum absolute atomic E-state index is 0.0289. The van der Waals surface area contributed by atoms with Gasteiger partial charge in [0, 0.05) is 13.6 Å². The van der Waals surface area contributed by atoms with Crippen LogP contribution in [0.2, 0.25) is 0 Å². The third kappa shape index (κ3) is 4.38. The Labute approximate surface area is 148 Å². The van der Waals surface area contributed by atoms with Gasteiger partial charge in [-0.3, -0.25) is 0 Å². The van der Waals surface area contributed by atoms with E-state index in [0.717, 1.165) is 29.6 Å². The second-order valence-electron chi connectivity index (χ2n) is 5.85. The van der Waals surface area contributed by atoms with Gasteiger partial charge in [0.05, 0.1) is 6.54 Å². The molecule has 0 spiro atoms. The van der Waals surface area contributed by atoms with E-state index in [4.69, 9.17) is 21.7 Å². The van der Waals surface area contributed by atoms with E-state index >= 15 is 0 Å². The molecule has 0 amide bonds. The first-order valence-corrected chi connectivity index (χ1v) is 8.54. The molecule has 0 saturated heterocycles. The largest absolute Gasteiger partial charge is 0.486 e. The number of fused-ring (bicyclic) bond motifs is 1. The van der Waals surface area contributed by atoms with Crippen LogP contribution < -0.4 is 14.8 Å². The third-order valence-corrected chi connectivity index (χ3v) is 4.38. The van der Waals surface area contributed by atoms with Crippen LogP contribution in [-0.4, -0.2) is 42.9 Å². The molecule has 0 saturated carbocycles. The van der Waals surface area contributed by atoms with E-state index in [-0.39, 0.29) is 6.10 Å². The van der Waals surface area contributed by atoms with Crippen molar-refractivity contribution < 1.29 is 9.47 Å². The van der Waals surface area contributed by atoms with Gasteiger partial charge >= 0.3 is 0 Å². The number of rotatable bonds is 5. The lowest BCUT2D eigenvalue weighted by Gasteiger charge is -2.30. The Bertz CT molecular complexity index is 678. The minimum Gasteiger partial charge on any atom is -0.486 e. The molecule has 24 heavy (non-hydrogen) atoms. The molecule has 126 valence electrons. The van der Waals surface area contributed by atoms with Crippen molar-refractivity contribution in [2.45, 2.75) is 12.5 Å². The number of likely N-dealkylation sites (N-methyl/N-ethyl adjacent to an activating group) is 1. The van der Waals surface area contributed by atoms with Crippen LogP contribution in [0.5, 0.6) is 11.5 Å². The smallest absolute Gasteiger partial charge is 0.168 e. The first kappa shape index (κ1) is 16.6. The zero-order valence-electron chi connectivity index (χ0n) is 13.8. The molecule has 1 aliphatic heterocycles.